The van der Waals surface area contributed by atoms with Gasteiger partial charge in [-0.1, -0.05) is 6.07 Å². The standard InChI is InChI=1S/C12H6ClN5S2/c13-11-14-9-7(4-6-19-9)10(15-11)20-12-17-16-8-3-1-2-5-18(8)12/h1-6H. The number of rotatable bonds is 2. The molecule has 0 fully saturated rings. The van der Waals surface area contributed by atoms with E-state index in [0.29, 0.717) is 0 Å². The minimum Gasteiger partial charge on any atom is -0.277 e. The molecule has 0 amide bonds. The highest BCUT2D eigenvalue weighted by Gasteiger charge is 2.13. The number of aromatic nitrogens is 5. The molecule has 0 radical (unpaired) electrons. The zero-order valence-electron chi connectivity index (χ0n) is 9.89. The molecule has 0 saturated heterocycles. The fourth-order valence-electron chi connectivity index (χ4n) is 1.86. The Balaban J connectivity index is 1.86. The molecule has 0 unspecified atom stereocenters. The zero-order chi connectivity index (χ0) is 13.5. The van der Waals surface area contributed by atoms with Gasteiger partial charge in [0, 0.05) is 11.6 Å². The Bertz CT molecular complexity index is 916. The number of fused-ring (bicyclic) bond motifs is 2. The lowest BCUT2D eigenvalue weighted by molar-refractivity contribution is 0.917. The second-order valence-corrected chi connectivity index (χ2v) is 6.14. The molecule has 0 aliphatic carbocycles. The molecule has 0 aromatic carbocycles. The first kappa shape index (κ1) is 12.1. The smallest absolute Gasteiger partial charge is 0.224 e. The average Bonchev–Trinajstić information content (AvgIpc) is 3.06. The molecule has 4 aromatic rings. The minimum absolute atomic E-state index is 0.247. The third-order valence-electron chi connectivity index (χ3n) is 2.73. The summed E-state index contributed by atoms with van der Waals surface area (Å²) in [6.07, 6.45) is 1.92. The summed E-state index contributed by atoms with van der Waals surface area (Å²) in [6, 6.07) is 7.76. The van der Waals surface area contributed by atoms with Gasteiger partial charge in [-0.3, -0.25) is 4.40 Å². The highest BCUT2D eigenvalue weighted by atomic mass is 35.5. The quantitative estimate of drug-likeness (QED) is 0.418. The fraction of sp³-hybridized carbons (Fsp3) is 0. The summed E-state index contributed by atoms with van der Waals surface area (Å²) in [7, 11) is 0. The van der Waals surface area contributed by atoms with Crippen molar-refractivity contribution in [2.45, 2.75) is 10.2 Å². The van der Waals surface area contributed by atoms with E-state index >= 15 is 0 Å². The average molecular weight is 320 g/mol. The number of hydrogen-bond donors (Lipinski definition) is 0. The van der Waals surface area contributed by atoms with Crippen molar-refractivity contribution >= 4 is 50.6 Å². The SMILES string of the molecule is Clc1nc(Sc2nnc3ccccn23)c2ccsc2n1. The highest BCUT2D eigenvalue weighted by Crippen LogP contribution is 2.33. The van der Waals surface area contributed by atoms with Gasteiger partial charge < -0.3 is 0 Å². The monoisotopic (exact) mass is 319 g/mol. The van der Waals surface area contributed by atoms with Crippen LogP contribution >= 0.6 is 34.7 Å². The van der Waals surface area contributed by atoms with Crippen LogP contribution in [0.1, 0.15) is 0 Å². The Hall–Kier alpha value is -1.70. The van der Waals surface area contributed by atoms with E-state index in [0.717, 1.165) is 26.0 Å². The maximum Gasteiger partial charge on any atom is 0.224 e. The van der Waals surface area contributed by atoms with E-state index in [1.54, 1.807) is 11.3 Å². The molecular weight excluding hydrogens is 314 g/mol. The third-order valence-corrected chi connectivity index (χ3v) is 4.67. The Morgan fingerprint density at radius 3 is 3.05 bits per heavy atom. The van der Waals surface area contributed by atoms with Crippen LogP contribution in [-0.4, -0.2) is 24.6 Å². The van der Waals surface area contributed by atoms with Crippen molar-refractivity contribution in [3.05, 3.63) is 41.1 Å². The molecule has 5 nitrogen and oxygen atoms in total. The van der Waals surface area contributed by atoms with Crippen LogP contribution in [0.4, 0.5) is 0 Å². The molecule has 4 rings (SSSR count). The molecule has 8 heteroatoms. The first-order chi connectivity index (χ1) is 9.81. The van der Waals surface area contributed by atoms with E-state index in [1.807, 2.05) is 40.2 Å². The van der Waals surface area contributed by atoms with E-state index < -0.39 is 0 Å². The van der Waals surface area contributed by atoms with E-state index in [1.165, 1.54) is 11.8 Å². The van der Waals surface area contributed by atoms with Crippen molar-refractivity contribution in [1.82, 2.24) is 24.6 Å². The highest BCUT2D eigenvalue weighted by molar-refractivity contribution is 7.99. The van der Waals surface area contributed by atoms with Crippen LogP contribution in [0.5, 0.6) is 0 Å². The summed E-state index contributed by atoms with van der Waals surface area (Å²) in [4.78, 5) is 9.38. The van der Waals surface area contributed by atoms with Crippen LogP contribution in [0.3, 0.4) is 0 Å². The minimum atomic E-state index is 0.247. The Morgan fingerprint density at radius 2 is 2.10 bits per heavy atom. The van der Waals surface area contributed by atoms with Gasteiger partial charge in [0.1, 0.15) is 9.86 Å². The Morgan fingerprint density at radius 1 is 1.15 bits per heavy atom. The molecule has 0 aliphatic heterocycles. The van der Waals surface area contributed by atoms with Gasteiger partial charge >= 0.3 is 0 Å². The summed E-state index contributed by atoms with van der Waals surface area (Å²) >= 11 is 8.94. The van der Waals surface area contributed by atoms with Crippen LogP contribution in [0.25, 0.3) is 15.9 Å². The topological polar surface area (TPSA) is 56.0 Å². The lowest BCUT2D eigenvalue weighted by atomic mass is 10.4. The molecule has 0 atom stereocenters. The summed E-state index contributed by atoms with van der Waals surface area (Å²) in [6.45, 7) is 0. The van der Waals surface area contributed by atoms with Gasteiger partial charge in [0.25, 0.3) is 0 Å². The number of hydrogen-bond acceptors (Lipinski definition) is 6. The normalized spacial score (nSPS) is 11.4. The lowest BCUT2D eigenvalue weighted by Gasteiger charge is -2.01. The number of thiophene rings is 1. The van der Waals surface area contributed by atoms with E-state index in [4.69, 9.17) is 11.6 Å². The zero-order valence-corrected chi connectivity index (χ0v) is 12.3. The van der Waals surface area contributed by atoms with Crippen molar-refractivity contribution in [2.75, 3.05) is 0 Å². The predicted molar refractivity (Wildman–Crippen MR) is 79.5 cm³/mol. The Labute approximate surface area is 126 Å². The van der Waals surface area contributed by atoms with Crippen molar-refractivity contribution in [1.29, 1.82) is 0 Å². The van der Waals surface area contributed by atoms with E-state index in [2.05, 4.69) is 20.2 Å². The molecule has 20 heavy (non-hydrogen) atoms. The summed E-state index contributed by atoms with van der Waals surface area (Å²) in [5, 5.41) is 13.1. The maximum absolute atomic E-state index is 5.97. The molecule has 0 aliphatic rings. The van der Waals surface area contributed by atoms with Gasteiger partial charge in [-0.15, -0.1) is 21.5 Å². The van der Waals surface area contributed by atoms with Crippen LogP contribution in [-0.2, 0) is 0 Å². The molecule has 4 aromatic heterocycles. The predicted octanol–water partition coefficient (Wildman–Crippen LogP) is 3.54. The molecule has 98 valence electrons. The van der Waals surface area contributed by atoms with Gasteiger partial charge in [-0.05, 0) is 46.9 Å². The Kier molecular flexibility index (Phi) is 2.83. The van der Waals surface area contributed by atoms with E-state index in [9.17, 15) is 0 Å². The van der Waals surface area contributed by atoms with E-state index in [-0.39, 0.29) is 5.28 Å². The van der Waals surface area contributed by atoms with Crippen LogP contribution < -0.4 is 0 Å². The summed E-state index contributed by atoms with van der Waals surface area (Å²) in [5.74, 6) is 0. The molecule has 0 spiro atoms. The second kappa shape index (κ2) is 4.69. The first-order valence-corrected chi connectivity index (χ1v) is 7.77. The molecule has 0 N–H and O–H groups in total. The van der Waals surface area contributed by atoms with Gasteiger partial charge in [-0.2, -0.15) is 0 Å². The maximum atomic E-state index is 5.97. The number of pyridine rings is 1. The van der Waals surface area contributed by atoms with Gasteiger partial charge in [0.2, 0.25) is 10.4 Å². The van der Waals surface area contributed by atoms with Crippen molar-refractivity contribution in [3.63, 3.8) is 0 Å². The van der Waals surface area contributed by atoms with Gasteiger partial charge in [0.05, 0.1) is 0 Å². The molecular formula is C12H6ClN5S2. The van der Waals surface area contributed by atoms with Gasteiger partial charge in [-0.25, -0.2) is 9.97 Å². The fourth-order valence-corrected chi connectivity index (χ4v) is 3.87. The lowest BCUT2D eigenvalue weighted by Crippen LogP contribution is -1.90. The largest absolute Gasteiger partial charge is 0.277 e. The number of halogens is 1. The summed E-state index contributed by atoms with van der Waals surface area (Å²) in [5.41, 5.74) is 0.803. The molecule has 0 bridgehead atoms. The van der Waals surface area contributed by atoms with Crippen LogP contribution in [0.2, 0.25) is 5.28 Å². The second-order valence-electron chi connectivity index (χ2n) is 3.95. The first-order valence-electron chi connectivity index (χ1n) is 5.69. The van der Waals surface area contributed by atoms with Crippen LogP contribution in [0.15, 0.2) is 46.0 Å². The summed E-state index contributed by atoms with van der Waals surface area (Å²) < 4.78 is 1.92. The third kappa shape index (κ3) is 1.94. The van der Waals surface area contributed by atoms with Crippen molar-refractivity contribution in [2.24, 2.45) is 0 Å². The molecule has 0 saturated carbocycles. The number of nitrogens with zero attached hydrogens (tertiary/aromatic N) is 5. The molecule has 4 heterocycles. The van der Waals surface area contributed by atoms with Crippen LogP contribution in [0, 0.1) is 0 Å². The van der Waals surface area contributed by atoms with Crippen molar-refractivity contribution < 1.29 is 0 Å². The van der Waals surface area contributed by atoms with Gasteiger partial charge in [0.15, 0.2) is 5.65 Å². The van der Waals surface area contributed by atoms with Crippen molar-refractivity contribution in [3.8, 4) is 0 Å².